The Morgan fingerprint density at radius 2 is 0.877 bits per heavy atom. The standard InChI is InChI=1S/C53H81Cl3O9/c1-4-6-8-10-12-14-16-18-20-22-24-26-28-30-50(57)61-40-45(41-62-51(58)31-29-27-25-23-21-19-17-15-13-11-9-7-5-2)63-52(59)37-32-42(3)53(60)65-49-39-44(55)34-36-48(49)64-47-35-33-43(54)38-46(47)56/h33-36,38-39,42,45H,4-32,37,40-41H2,1-3H3. The minimum absolute atomic E-state index is 0.0734. The van der Waals surface area contributed by atoms with Crippen LogP contribution < -0.4 is 9.47 Å². The van der Waals surface area contributed by atoms with Gasteiger partial charge in [0, 0.05) is 35.4 Å². The largest absolute Gasteiger partial charge is 0.462 e. The van der Waals surface area contributed by atoms with Gasteiger partial charge in [-0.25, -0.2) is 0 Å². The van der Waals surface area contributed by atoms with Gasteiger partial charge in [0.25, 0.3) is 0 Å². The molecule has 1 unspecified atom stereocenters. The molecule has 0 aromatic heterocycles. The Kier molecular flexibility index (Phi) is 34.0. The molecular formula is C53H81Cl3O9. The summed E-state index contributed by atoms with van der Waals surface area (Å²) < 4.78 is 28.3. The van der Waals surface area contributed by atoms with Crippen LogP contribution in [0.4, 0.5) is 0 Å². The van der Waals surface area contributed by atoms with Crippen LogP contribution in [0.25, 0.3) is 0 Å². The number of carbonyl (C=O) groups is 4. The predicted octanol–water partition coefficient (Wildman–Crippen LogP) is 16.7. The van der Waals surface area contributed by atoms with Crippen LogP contribution in [0, 0.1) is 5.92 Å². The number of rotatable bonds is 40. The number of unbranched alkanes of at least 4 members (excludes halogenated alkanes) is 24. The third kappa shape index (κ3) is 30.1. The van der Waals surface area contributed by atoms with Crippen molar-refractivity contribution in [1.29, 1.82) is 0 Å². The molecule has 0 N–H and O–H groups in total. The molecule has 0 saturated heterocycles. The summed E-state index contributed by atoms with van der Waals surface area (Å²) >= 11 is 18.5. The van der Waals surface area contributed by atoms with Gasteiger partial charge in [-0.3, -0.25) is 19.2 Å². The number of benzene rings is 2. The Hall–Kier alpha value is -3.01. The average molecular weight is 969 g/mol. The van der Waals surface area contributed by atoms with Crippen molar-refractivity contribution in [3.8, 4) is 17.2 Å². The molecule has 0 spiro atoms. The zero-order valence-corrected chi connectivity index (χ0v) is 42.3. The van der Waals surface area contributed by atoms with E-state index >= 15 is 0 Å². The van der Waals surface area contributed by atoms with Gasteiger partial charge in [-0.05, 0) is 49.6 Å². The van der Waals surface area contributed by atoms with Crippen LogP contribution >= 0.6 is 34.8 Å². The topological polar surface area (TPSA) is 114 Å². The molecule has 0 aliphatic carbocycles. The highest BCUT2D eigenvalue weighted by molar-refractivity contribution is 6.35. The lowest BCUT2D eigenvalue weighted by Gasteiger charge is -2.19. The highest BCUT2D eigenvalue weighted by atomic mass is 35.5. The highest BCUT2D eigenvalue weighted by Gasteiger charge is 2.23. The van der Waals surface area contributed by atoms with Crippen molar-refractivity contribution in [2.45, 2.75) is 219 Å². The minimum Gasteiger partial charge on any atom is -0.462 e. The second kappa shape index (κ2) is 38.0. The van der Waals surface area contributed by atoms with E-state index in [1.807, 2.05) is 0 Å². The lowest BCUT2D eigenvalue weighted by atomic mass is 10.0. The van der Waals surface area contributed by atoms with Crippen LogP contribution in [0.15, 0.2) is 36.4 Å². The summed E-state index contributed by atoms with van der Waals surface area (Å²) in [6, 6.07) is 9.33. The summed E-state index contributed by atoms with van der Waals surface area (Å²) in [5.41, 5.74) is 0. The molecule has 0 aliphatic rings. The maximum atomic E-state index is 13.2. The second-order valence-electron chi connectivity index (χ2n) is 17.6. The summed E-state index contributed by atoms with van der Waals surface area (Å²) in [6.07, 6.45) is 30.9. The Balaban J connectivity index is 1.80. The predicted molar refractivity (Wildman–Crippen MR) is 264 cm³/mol. The third-order valence-electron chi connectivity index (χ3n) is 11.5. The first-order chi connectivity index (χ1) is 31.5. The van der Waals surface area contributed by atoms with Crippen molar-refractivity contribution in [2.24, 2.45) is 5.92 Å². The van der Waals surface area contributed by atoms with Crippen LogP contribution in [0.2, 0.25) is 15.1 Å². The molecule has 9 nitrogen and oxygen atoms in total. The Morgan fingerprint density at radius 3 is 1.31 bits per heavy atom. The van der Waals surface area contributed by atoms with E-state index in [-0.39, 0.29) is 67.4 Å². The lowest BCUT2D eigenvalue weighted by Crippen LogP contribution is -2.31. The summed E-state index contributed by atoms with van der Waals surface area (Å²) in [6.45, 7) is 5.65. The molecule has 0 radical (unpaired) electrons. The maximum Gasteiger partial charge on any atom is 0.314 e. The number of hydrogen-bond acceptors (Lipinski definition) is 9. The molecule has 2 aromatic carbocycles. The lowest BCUT2D eigenvalue weighted by molar-refractivity contribution is -0.167. The molecule has 65 heavy (non-hydrogen) atoms. The number of hydrogen-bond donors (Lipinski definition) is 0. The zero-order valence-electron chi connectivity index (χ0n) is 40.1. The summed E-state index contributed by atoms with van der Waals surface area (Å²) in [7, 11) is 0. The van der Waals surface area contributed by atoms with Gasteiger partial charge < -0.3 is 23.7 Å². The molecule has 1 atom stereocenters. The molecule has 0 bridgehead atoms. The monoisotopic (exact) mass is 966 g/mol. The summed E-state index contributed by atoms with van der Waals surface area (Å²) in [4.78, 5) is 51.6. The molecule has 0 aliphatic heterocycles. The van der Waals surface area contributed by atoms with Gasteiger partial charge in [0.15, 0.2) is 17.6 Å². The summed E-state index contributed by atoms with van der Waals surface area (Å²) in [5, 5.41) is 1.02. The Bertz CT molecular complexity index is 1560. The van der Waals surface area contributed by atoms with Gasteiger partial charge >= 0.3 is 23.9 Å². The van der Waals surface area contributed by atoms with Gasteiger partial charge in [-0.15, -0.1) is 0 Å². The van der Waals surface area contributed by atoms with Crippen LogP contribution in [0.3, 0.4) is 0 Å². The first-order valence-electron chi connectivity index (χ1n) is 25.2. The van der Waals surface area contributed by atoms with Gasteiger partial charge in [-0.1, -0.05) is 210 Å². The van der Waals surface area contributed by atoms with E-state index in [1.165, 1.54) is 141 Å². The Labute approximate surface area is 407 Å². The van der Waals surface area contributed by atoms with Crippen molar-refractivity contribution in [3.05, 3.63) is 51.5 Å². The number of halogens is 3. The molecule has 12 heteroatoms. The van der Waals surface area contributed by atoms with E-state index in [9.17, 15) is 19.2 Å². The number of carbonyl (C=O) groups excluding carboxylic acids is 4. The minimum atomic E-state index is -0.984. The van der Waals surface area contributed by atoms with Gasteiger partial charge in [-0.2, -0.15) is 0 Å². The van der Waals surface area contributed by atoms with Crippen molar-refractivity contribution >= 4 is 58.7 Å². The van der Waals surface area contributed by atoms with E-state index < -0.39 is 24.0 Å². The van der Waals surface area contributed by atoms with Crippen LogP contribution in [-0.2, 0) is 33.4 Å². The fourth-order valence-corrected chi connectivity index (χ4v) is 8.04. The molecular weight excluding hydrogens is 887 g/mol. The van der Waals surface area contributed by atoms with Crippen molar-refractivity contribution in [3.63, 3.8) is 0 Å². The van der Waals surface area contributed by atoms with Gasteiger partial charge in [0.2, 0.25) is 0 Å². The zero-order chi connectivity index (χ0) is 47.3. The van der Waals surface area contributed by atoms with Crippen molar-refractivity contribution < 1.29 is 42.9 Å². The van der Waals surface area contributed by atoms with Crippen molar-refractivity contribution in [1.82, 2.24) is 0 Å². The quantitative estimate of drug-likeness (QED) is 0.0279. The van der Waals surface area contributed by atoms with Crippen molar-refractivity contribution in [2.75, 3.05) is 13.2 Å². The van der Waals surface area contributed by atoms with Gasteiger partial charge in [0.05, 0.1) is 10.9 Å². The normalized spacial score (nSPS) is 11.7. The maximum absolute atomic E-state index is 13.2. The first kappa shape index (κ1) is 58.1. The molecule has 368 valence electrons. The molecule has 2 rings (SSSR count). The fraction of sp³-hybridized carbons (Fsp3) is 0.698. The second-order valence-corrected chi connectivity index (χ2v) is 18.9. The number of ether oxygens (including phenoxy) is 5. The fourth-order valence-electron chi connectivity index (χ4n) is 7.43. The Morgan fingerprint density at radius 1 is 0.477 bits per heavy atom. The third-order valence-corrected chi connectivity index (χ3v) is 12.3. The van der Waals surface area contributed by atoms with Crippen LogP contribution in [-0.4, -0.2) is 43.2 Å². The highest BCUT2D eigenvalue weighted by Crippen LogP contribution is 2.38. The molecule has 0 saturated carbocycles. The van der Waals surface area contributed by atoms with Crippen LogP contribution in [0.5, 0.6) is 17.2 Å². The van der Waals surface area contributed by atoms with E-state index in [0.29, 0.717) is 15.8 Å². The molecule has 0 fully saturated rings. The van der Waals surface area contributed by atoms with E-state index in [4.69, 9.17) is 58.5 Å². The average Bonchev–Trinajstić information content (AvgIpc) is 3.28. The molecule has 2 aromatic rings. The SMILES string of the molecule is CCCCCCCCCCCCCCCC(=O)OCC(COC(=O)CCCCCCCCCCCCCCC)OC(=O)CCC(C)C(=O)Oc1cc(Cl)ccc1Oc1ccc(Cl)cc1Cl. The molecule has 0 heterocycles. The van der Waals surface area contributed by atoms with E-state index in [2.05, 4.69) is 13.8 Å². The smallest absolute Gasteiger partial charge is 0.314 e. The summed E-state index contributed by atoms with van der Waals surface area (Å²) in [5.74, 6) is -2.15. The number of esters is 4. The van der Waals surface area contributed by atoms with E-state index in [1.54, 1.807) is 31.2 Å². The first-order valence-corrected chi connectivity index (χ1v) is 26.3. The van der Waals surface area contributed by atoms with Gasteiger partial charge in [0.1, 0.15) is 19.0 Å². The van der Waals surface area contributed by atoms with E-state index in [0.717, 1.165) is 38.5 Å². The molecule has 0 amide bonds. The van der Waals surface area contributed by atoms with Crippen LogP contribution in [0.1, 0.15) is 213 Å².